The van der Waals surface area contributed by atoms with Gasteiger partial charge in [0.15, 0.2) is 0 Å². The largest absolute Gasteiger partial charge is 0.547 e. The molecule has 168 valence electrons. The Kier molecular flexibility index (Phi) is 7.53. The van der Waals surface area contributed by atoms with Crippen molar-refractivity contribution in [3.63, 3.8) is 0 Å². The number of nitrogens with zero attached hydrogens (tertiary/aromatic N) is 2. The van der Waals surface area contributed by atoms with Crippen LogP contribution in [0.1, 0.15) is 29.8 Å². The van der Waals surface area contributed by atoms with Crippen molar-refractivity contribution < 1.29 is 29.2 Å². The minimum absolute atomic E-state index is 0.0339. The number of carboxylic acids is 1. The molecule has 11 heteroatoms. The summed E-state index contributed by atoms with van der Waals surface area (Å²) in [5.41, 5.74) is 0.559. The smallest absolute Gasteiger partial charge is 0.534 e. The monoisotopic (exact) mass is 432 g/mol. The molecule has 0 radical (unpaired) electrons. The van der Waals surface area contributed by atoms with E-state index in [4.69, 9.17) is 4.65 Å². The fourth-order valence-corrected chi connectivity index (χ4v) is 3.77. The van der Waals surface area contributed by atoms with E-state index in [9.17, 15) is 24.5 Å². The maximum Gasteiger partial charge on any atom is 0.547 e. The number of carbonyl (C=O) groups is 3. The first kappa shape index (κ1) is 23.0. The van der Waals surface area contributed by atoms with Crippen LogP contribution in [0.15, 0.2) is 18.2 Å². The van der Waals surface area contributed by atoms with Crippen molar-refractivity contribution in [2.45, 2.75) is 32.3 Å². The first-order valence-electron chi connectivity index (χ1n) is 10.5. The summed E-state index contributed by atoms with van der Waals surface area (Å²) < 4.78 is 5.38. The second-order valence-electron chi connectivity index (χ2n) is 8.19. The second kappa shape index (κ2) is 10.1. The van der Waals surface area contributed by atoms with E-state index in [1.165, 1.54) is 11.0 Å². The van der Waals surface area contributed by atoms with E-state index >= 15 is 0 Å². The highest BCUT2D eigenvalue weighted by molar-refractivity contribution is 6.47. The van der Waals surface area contributed by atoms with Crippen molar-refractivity contribution in [1.29, 1.82) is 0 Å². The molecular formula is C20H29BN4O6. The number of hydrogen-bond acceptors (Lipinski definition) is 7. The summed E-state index contributed by atoms with van der Waals surface area (Å²) in [5, 5.41) is 25.5. The van der Waals surface area contributed by atoms with Crippen LogP contribution in [0.3, 0.4) is 0 Å². The van der Waals surface area contributed by atoms with Crippen LogP contribution < -0.4 is 15.3 Å². The summed E-state index contributed by atoms with van der Waals surface area (Å²) >= 11 is 0. The first-order chi connectivity index (χ1) is 14.7. The summed E-state index contributed by atoms with van der Waals surface area (Å²) in [6, 6.07) is 5.08. The van der Waals surface area contributed by atoms with Gasteiger partial charge in [-0.2, -0.15) is 0 Å². The number of nitrogens with one attached hydrogen (secondary N) is 2. The molecule has 0 bridgehead atoms. The Hall–Kier alpha value is -2.63. The number of rotatable bonds is 8. The molecule has 1 aromatic carbocycles. The number of para-hydroxylation sites is 1. The Morgan fingerprint density at radius 2 is 2.10 bits per heavy atom. The quantitative estimate of drug-likeness (QED) is 0.384. The zero-order valence-electron chi connectivity index (χ0n) is 17.8. The summed E-state index contributed by atoms with van der Waals surface area (Å²) in [4.78, 5) is 39.8. The standard InChI is InChI=1S/C20H29BN4O6/c1-13(2)22-6-7-24-8-9-25(18(27)12-24)11-17(26)23-16-10-14-4-3-5-15(20(28)29)19(14)31-21(16)30/h3-5,13,16,22,30H,6-12H2,1-2H3,(H,23,26)(H,28,29). The van der Waals surface area contributed by atoms with Crippen molar-refractivity contribution in [3.05, 3.63) is 29.3 Å². The zero-order valence-corrected chi connectivity index (χ0v) is 17.8. The van der Waals surface area contributed by atoms with Crippen LogP contribution in [-0.2, 0) is 16.0 Å². The van der Waals surface area contributed by atoms with Gasteiger partial charge in [0.1, 0.15) is 5.75 Å². The summed E-state index contributed by atoms with van der Waals surface area (Å²) in [5.74, 6) is -2.27. The second-order valence-corrected chi connectivity index (χ2v) is 8.19. The summed E-state index contributed by atoms with van der Waals surface area (Å²) in [7, 11) is -1.38. The third-order valence-electron chi connectivity index (χ3n) is 5.41. The van der Waals surface area contributed by atoms with E-state index in [0.717, 1.165) is 13.1 Å². The minimum Gasteiger partial charge on any atom is -0.534 e. The molecule has 4 N–H and O–H groups in total. The van der Waals surface area contributed by atoms with Gasteiger partial charge in [0.25, 0.3) is 0 Å². The third kappa shape index (κ3) is 5.96. The SMILES string of the molecule is CC(C)NCCN1CCN(CC(=O)NC2Cc3cccc(C(=O)O)c3OB2O)C(=O)C1. The number of piperazine rings is 1. The van der Waals surface area contributed by atoms with Crippen LogP contribution in [0.25, 0.3) is 0 Å². The lowest BCUT2D eigenvalue weighted by Gasteiger charge is -2.34. The van der Waals surface area contributed by atoms with Crippen LogP contribution in [0.2, 0.25) is 0 Å². The molecule has 0 aliphatic carbocycles. The van der Waals surface area contributed by atoms with Gasteiger partial charge in [-0.3, -0.25) is 14.5 Å². The van der Waals surface area contributed by atoms with Gasteiger partial charge in [0.05, 0.1) is 24.6 Å². The Bertz CT molecular complexity index is 836. The van der Waals surface area contributed by atoms with Gasteiger partial charge in [-0.05, 0) is 18.1 Å². The van der Waals surface area contributed by atoms with E-state index < -0.39 is 24.9 Å². The minimum atomic E-state index is -1.38. The predicted molar refractivity (Wildman–Crippen MR) is 114 cm³/mol. The highest BCUT2D eigenvalue weighted by atomic mass is 16.5. The number of benzene rings is 1. The molecule has 2 amide bonds. The molecule has 10 nitrogen and oxygen atoms in total. The number of amides is 2. The van der Waals surface area contributed by atoms with Crippen molar-refractivity contribution >= 4 is 24.9 Å². The molecule has 1 fully saturated rings. The average molecular weight is 432 g/mol. The van der Waals surface area contributed by atoms with Crippen molar-refractivity contribution in [3.8, 4) is 5.75 Å². The highest BCUT2D eigenvalue weighted by Crippen LogP contribution is 2.30. The Morgan fingerprint density at radius 3 is 2.77 bits per heavy atom. The van der Waals surface area contributed by atoms with E-state index in [1.807, 2.05) is 0 Å². The molecule has 1 atom stereocenters. The molecule has 2 aliphatic rings. The molecule has 2 aliphatic heterocycles. The molecule has 0 spiro atoms. The zero-order chi connectivity index (χ0) is 22.5. The van der Waals surface area contributed by atoms with Crippen LogP contribution in [0.4, 0.5) is 0 Å². The first-order valence-corrected chi connectivity index (χ1v) is 10.5. The van der Waals surface area contributed by atoms with Gasteiger partial charge in [0, 0.05) is 32.2 Å². The molecule has 2 heterocycles. The number of aromatic carboxylic acids is 1. The molecule has 31 heavy (non-hydrogen) atoms. The molecule has 1 unspecified atom stereocenters. The Balaban J connectivity index is 1.50. The van der Waals surface area contributed by atoms with Crippen LogP contribution in [-0.4, -0.2) is 96.1 Å². The van der Waals surface area contributed by atoms with E-state index in [1.54, 1.807) is 12.1 Å². The van der Waals surface area contributed by atoms with E-state index in [2.05, 4.69) is 29.4 Å². The maximum absolute atomic E-state index is 12.5. The lowest BCUT2D eigenvalue weighted by Crippen LogP contribution is -2.57. The van der Waals surface area contributed by atoms with Crippen LogP contribution >= 0.6 is 0 Å². The van der Waals surface area contributed by atoms with Crippen molar-refractivity contribution in [1.82, 2.24) is 20.4 Å². The molecule has 0 saturated carbocycles. The van der Waals surface area contributed by atoms with Crippen molar-refractivity contribution in [2.24, 2.45) is 0 Å². The summed E-state index contributed by atoms with van der Waals surface area (Å²) in [6.07, 6.45) is 0.230. The number of fused-ring (bicyclic) bond motifs is 1. The number of carbonyl (C=O) groups excluding carboxylic acids is 2. The number of carboxylic acid groups (broad SMARTS) is 1. The normalized spacial score (nSPS) is 19.2. The van der Waals surface area contributed by atoms with Crippen molar-refractivity contribution in [2.75, 3.05) is 39.3 Å². The topological polar surface area (TPSA) is 131 Å². The molecule has 0 aromatic heterocycles. The van der Waals surface area contributed by atoms with E-state index in [-0.39, 0.29) is 36.7 Å². The summed E-state index contributed by atoms with van der Waals surface area (Å²) in [6.45, 7) is 7.04. The lowest BCUT2D eigenvalue weighted by atomic mass is 9.72. The van der Waals surface area contributed by atoms with Gasteiger partial charge in [-0.15, -0.1) is 0 Å². The highest BCUT2D eigenvalue weighted by Gasteiger charge is 2.38. The number of hydrogen-bond donors (Lipinski definition) is 4. The fraction of sp³-hybridized carbons (Fsp3) is 0.550. The molecular weight excluding hydrogens is 403 g/mol. The third-order valence-corrected chi connectivity index (χ3v) is 5.41. The van der Waals surface area contributed by atoms with Crippen LogP contribution in [0, 0.1) is 0 Å². The van der Waals surface area contributed by atoms with Gasteiger partial charge < -0.3 is 30.3 Å². The molecule has 1 saturated heterocycles. The molecule has 1 aromatic rings. The average Bonchev–Trinajstić information content (AvgIpc) is 2.69. The van der Waals surface area contributed by atoms with Gasteiger partial charge >= 0.3 is 13.1 Å². The van der Waals surface area contributed by atoms with Gasteiger partial charge in [-0.25, -0.2) is 4.79 Å². The van der Waals surface area contributed by atoms with Gasteiger partial charge in [0.2, 0.25) is 11.8 Å². The molecule has 3 rings (SSSR count). The van der Waals surface area contributed by atoms with E-state index in [0.29, 0.717) is 24.7 Å². The maximum atomic E-state index is 12.5. The fourth-order valence-electron chi connectivity index (χ4n) is 3.77. The Labute approximate surface area is 181 Å². The predicted octanol–water partition coefficient (Wildman–Crippen LogP) is -1.03. The van der Waals surface area contributed by atoms with Gasteiger partial charge in [-0.1, -0.05) is 26.0 Å². The van der Waals surface area contributed by atoms with Crippen LogP contribution in [0.5, 0.6) is 5.75 Å². The lowest BCUT2D eigenvalue weighted by molar-refractivity contribution is -0.140. The Morgan fingerprint density at radius 1 is 1.32 bits per heavy atom.